The first-order chi connectivity index (χ1) is 25.0. The summed E-state index contributed by atoms with van der Waals surface area (Å²) >= 11 is 1.30. The maximum Gasteiger partial charge on any atom is 0.410 e. The van der Waals surface area contributed by atoms with E-state index < -0.39 is 57.5 Å². The molecule has 53 heavy (non-hydrogen) atoms. The van der Waals surface area contributed by atoms with Crippen LogP contribution in [-0.4, -0.2) is 89.4 Å². The number of hydrogen-bond acceptors (Lipinski definition) is 12. The number of likely N-dealkylation sites (tertiary alicyclic amines) is 1. The van der Waals surface area contributed by atoms with Gasteiger partial charge in [0.2, 0.25) is 5.91 Å². The molecular formula is C35H41N5O12S. The molecule has 0 spiro atoms. The number of β-lactam (4-membered cyclic amide) rings is 1. The normalized spacial score (nSPS) is 22.9. The summed E-state index contributed by atoms with van der Waals surface area (Å²) in [6.07, 6.45) is -1.03. The van der Waals surface area contributed by atoms with E-state index in [2.05, 4.69) is 5.32 Å². The smallest absolute Gasteiger partial charge is 0.410 e. The minimum Gasteiger partial charge on any atom is -0.477 e. The lowest BCUT2D eigenvalue weighted by molar-refractivity contribution is -0.385. The summed E-state index contributed by atoms with van der Waals surface area (Å²) in [6, 6.07) is 10.4. The molecule has 3 aliphatic heterocycles. The van der Waals surface area contributed by atoms with Crippen molar-refractivity contribution in [1.29, 1.82) is 0 Å². The van der Waals surface area contributed by atoms with Crippen molar-refractivity contribution in [1.82, 2.24) is 15.1 Å². The first kappa shape index (κ1) is 39.0. The van der Waals surface area contributed by atoms with Crippen molar-refractivity contribution in [3.8, 4) is 0 Å². The Labute approximate surface area is 308 Å². The lowest BCUT2D eigenvalue weighted by atomic mass is 9.79. The number of aliphatic hydroxyl groups is 1. The van der Waals surface area contributed by atoms with Crippen molar-refractivity contribution in [3.63, 3.8) is 0 Å². The summed E-state index contributed by atoms with van der Waals surface area (Å²) in [7, 11) is 0. The van der Waals surface area contributed by atoms with Gasteiger partial charge < -0.3 is 34.8 Å². The Morgan fingerprint density at radius 3 is 2.06 bits per heavy atom. The van der Waals surface area contributed by atoms with Crippen LogP contribution >= 0.6 is 11.8 Å². The van der Waals surface area contributed by atoms with Gasteiger partial charge in [-0.1, -0.05) is 6.92 Å². The Kier molecular flexibility index (Phi) is 11.6. The first-order valence-electron chi connectivity index (χ1n) is 17.0. The molecule has 2 aromatic rings. The number of ether oxygens (including phenoxy) is 2. The molecule has 0 radical (unpaired) electrons. The van der Waals surface area contributed by atoms with Gasteiger partial charge in [-0.15, -0.1) is 11.8 Å². The Hall–Kier alpha value is -5.23. The standard InChI is InChI=1S/C35H41N5O12S/c1-19-28-27(20(2)41)31(42)38(28)29(32(43)44)30(19)53-26-15-25(37(16-26)34(46)52-18-22-7-11-24(12-8-22)40(49)50)13-14-35(3,4)36-33(45)51-17-21-5-9-23(10-6-21)39(47)48/h5-12,19-20,25-28,41H,13-18H2,1-4H3,(H,36,45)(H,43,44)/t19-,20-,25-,26+,27-,28-/m1/s1. The number of carboxylic acids is 1. The fourth-order valence-electron chi connectivity index (χ4n) is 7.02. The van der Waals surface area contributed by atoms with E-state index in [-0.39, 0.29) is 54.0 Å². The number of amides is 3. The number of carbonyl (C=O) groups is 4. The van der Waals surface area contributed by atoms with Crippen molar-refractivity contribution in [2.45, 2.75) is 89.1 Å². The van der Waals surface area contributed by atoms with Gasteiger partial charge in [-0.2, -0.15) is 0 Å². The number of nitrogens with zero attached hydrogens (tertiary/aromatic N) is 4. The second kappa shape index (κ2) is 15.8. The monoisotopic (exact) mass is 755 g/mol. The Morgan fingerprint density at radius 2 is 1.55 bits per heavy atom. The van der Waals surface area contributed by atoms with Gasteiger partial charge in [-0.25, -0.2) is 14.4 Å². The van der Waals surface area contributed by atoms with Crippen LogP contribution in [0.3, 0.4) is 0 Å². The van der Waals surface area contributed by atoms with Crippen LogP contribution in [0.4, 0.5) is 21.0 Å². The molecule has 3 amide bonds. The minimum atomic E-state index is -1.25. The van der Waals surface area contributed by atoms with E-state index in [0.717, 1.165) is 0 Å². The van der Waals surface area contributed by atoms with Crippen molar-refractivity contribution in [3.05, 3.63) is 90.5 Å². The third kappa shape index (κ3) is 8.71. The second-order valence-corrected chi connectivity index (χ2v) is 15.4. The average molecular weight is 756 g/mol. The largest absolute Gasteiger partial charge is 0.477 e. The number of aliphatic hydroxyl groups excluding tert-OH is 1. The Balaban J connectivity index is 1.26. The van der Waals surface area contributed by atoms with Gasteiger partial charge >= 0.3 is 18.2 Å². The molecule has 3 N–H and O–H groups in total. The fourth-order valence-corrected chi connectivity index (χ4v) is 8.59. The van der Waals surface area contributed by atoms with Crippen molar-refractivity contribution >= 4 is 47.2 Å². The van der Waals surface area contributed by atoms with E-state index in [0.29, 0.717) is 35.3 Å². The van der Waals surface area contributed by atoms with Crippen LogP contribution in [-0.2, 0) is 32.3 Å². The van der Waals surface area contributed by atoms with E-state index in [4.69, 9.17) is 9.47 Å². The molecule has 0 aromatic heterocycles. The number of rotatable bonds is 14. The van der Waals surface area contributed by atoms with Crippen LogP contribution in [0.1, 0.15) is 58.1 Å². The molecular weight excluding hydrogens is 714 g/mol. The first-order valence-corrected chi connectivity index (χ1v) is 17.9. The molecule has 3 heterocycles. The number of hydrogen-bond donors (Lipinski definition) is 3. The molecule has 5 rings (SSSR count). The second-order valence-electron chi connectivity index (χ2n) is 14.1. The van der Waals surface area contributed by atoms with Gasteiger partial charge in [0, 0.05) is 58.5 Å². The van der Waals surface area contributed by atoms with Crippen LogP contribution in [0.2, 0.25) is 0 Å². The van der Waals surface area contributed by atoms with Crippen LogP contribution in [0, 0.1) is 32.1 Å². The zero-order valence-electron chi connectivity index (χ0n) is 29.5. The summed E-state index contributed by atoms with van der Waals surface area (Å²) < 4.78 is 11.0. The maximum atomic E-state index is 13.6. The molecule has 0 bridgehead atoms. The zero-order valence-corrected chi connectivity index (χ0v) is 30.3. The maximum absolute atomic E-state index is 13.6. The number of non-ortho nitro benzene ring substituents is 2. The number of fused-ring (bicyclic) bond motifs is 1. The predicted molar refractivity (Wildman–Crippen MR) is 189 cm³/mol. The lowest BCUT2D eigenvalue weighted by Gasteiger charge is -2.46. The molecule has 17 nitrogen and oxygen atoms in total. The van der Waals surface area contributed by atoms with Gasteiger partial charge in [0.05, 0.1) is 27.9 Å². The van der Waals surface area contributed by atoms with Crippen molar-refractivity contribution in [2.75, 3.05) is 6.54 Å². The number of nitro groups is 2. The summed E-state index contributed by atoms with van der Waals surface area (Å²) in [5.74, 6) is -2.76. The predicted octanol–water partition coefficient (Wildman–Crippen LogP) is 4.95. The molecule has 0 saturated carbocycles. The summed E-state index contributed by atoms with van der Waals surface area (Å²) in [6.45, 7) is 6.87. The highest BCUT2D eigenvalue weighted by Gasteiger charge is 2.60. The molecule has 284 valence electrons. The summed E-state index contributed by atoms with van der Waals surface area (Å²) in [5, 5.41) is 44.8. The number of carbonyl (C=O) groups excluding carboxylic acids is 3. The fraction of sp³-hybridized carbons (Fsp3) is 0.486. The van der Waals surface area contributed by atoms with E-state index in [1.54, 1.807) is 18.7 Å². The third-order valence-corrected chi connectivity index (χ3v) is 11.3. The molecule has 0 aliphatic carbocycles. The number of nitro benzene ring substituents is 2. The van der Waals surface area contributed by atoms with Gasteiger partial charge in [-0.05, 0) is 75.4 Å². The minimum absolute atomic E-state index is 0.0853. The number of aliphatic carboxylic acids is 1. The van der Waals surface area contributed by atoms with Gasteiger partial charge in [0.15, 0.2) is 0 Å². The number of thioether (sulfide) groups is 1. The topological polar surface area (TPSA) is 232 Å². The SMILES string of the molecule is C[C@@H](O)[C@H]1C(=O)N2C(C(=O)O)=C(S[C@H]3C[C@@H](CCC(C)(C)NC(=O)OCc4ccc([N+](=O)[O-])cc4)N(C(=O)OCc4ccc([N+](=O)[O-])cc4)C3)[C@H](C)[C@H]12. The molecule has 2 aromatic carbocycles. The van der Waals surface area contributed by atoms with Crippen LogP contribution in [0.15, 0.2) is 59.1 Å². The van der Waals surface area contributed by atoms with Gasteiger partial charge in [-0.3, -0.25) is 25.0 Å². The number of benzene rings is 2. The zero-order chi connectivity index (χ0) is 38.8. The number of carboxylic acid groups (broad SMARTS) is 1. The molecule has 0 unspecified atom stereocenters. The van der Waals surface area contributed by atoms with Gasteiger partial charge in [0.25, 0.3) is 11.4 Å². The van der Waals surface area contributed by atoms with Crippen LogP contribution in [0.5, 0.6) is 0 Å². The van der Waals surface area contributed by atoms with Gasteiger partial charge in [0.1, 0.15) is 18.9 Å². The highest BCUT2D eigenvalue weighted by molar-refractivity contribution is 8.03. The van der Waals surface area contributed by atoms with Crippen molar-refractivity contribution in [2.24, 2.45) is 11.8 Å². The summed E-state index contributed by atoms with van der Waals surface area (Å²) in [4.78, 5) is 75.7. The molecule has 18 heteroatoms. The van der Waals surface area contributed by atoms with E-state index >= 15 is 0 Å². The third-order valence-electron chi connectivity index (χ3n) is 9.78. The van der Waals surface area contributed by atoms with Crippen LogP contribution in [0.25, 0.3) is 0 Å². The number of alkyl carbamates (subject to hydrolysis) is 1. The molecule has 6 atom stereocenters. The van der Waals surface area contributed by atoms with E-state index in [1.807, 2.05) is 6.92 Å². The van der Waals surface area contributed by atoms with E-state index in [9.17, 15) is 49.6 Å². The quantitative estimate of drug-likeness (QED) is 0.132. The lowest BCUT2D eigenvalue weighted by Crippen LogP contribution is -2.63. The van der Waals surface area contributed by atoms with E-state index in [1.165, 1.54) is 72.1 Å². The Bertz CT molecular complexity index is 1800. The molecule has 2 saturated heterocycles. The van der Waals surface area contributed by atoms with Crippen LogP contribution < -0.4 is 5.32 Å². The molecule has 3 aliphatic rings. The highest BCUT2D eigenvalue weighted by atomic mass is 32.2. The average Bonchev–Trinajstić information content (AvgIpc) is 3.61. The Morgan fingerprint density at radius 1 is 1.00 bits per heavy atom. The van der Waals surface area contributed by atoms with Crippen molar-refractivity contribution < 1.29 is 48.7 Å². The summed E-state index contributed by atoms with van der Waals surface area (Å²) in [5.41, 5.74) is 0.0119. The molecule has 2 fully saturated rings. The highest BCUT2D eigenvalue weighted by Crippen LogP contribution is 2.52. The number of nitrogens with one attached hydrogen (secondary N) is 1.